The number of nitrogens with two attached hydrogens (primary N) is 1. The van der Waals surface area contributed by atoms with Crippen LogP contribution >= 0.6 is 15.9 Å². The van der Waals surface area contributed by atoms with E-state index in [9.17, 15) is 4.79 Å². The molecule has 0 spiro atoms. The van der Waals surface area contributed by atoms with E-state index in [4.69, 9.17) is 5.73 Å². The molecule has 0 radical (unpaired) electrons. The molecule has 1 fully saturated rings. The summed E-state index contributed by atoms with van der Waals surface area (Å²) >= 11 is 3.53. The first kappa shape index (κ1) is 25.8. The summed E-state index contributed by atoms with van der Waals surface area (Å²) < 4.78 is 1.11. The lowest BCUT2D eigenvalue weighted by Gasteiger charge is -2.35. The molecule has 33 heavy (non-hydrogen) atoms. The van der Waals surface area contributed by atoms with Gasteiger partial charge in [0.05, 0.1) is 0 Å². The lowest BCUT2D eigenvalue weighted by molar-refractivity contribution is -0.114. The van der Waals surface area contributed by atoms with Crippen molar-refractivity contribution in [2.75, 3.05) is 57.7 Å². The molecule has 0 unspecified atom stereocenters. The maximum absolute atomic E-state index is 11.3. The summed E-state index contributed by atoms with van der Waals surface area (Å²) in [6, 6.07) is 16.8. The van der Waals surface area contributed by atoms with Crippen molar-refractivity contribution in [3.05, 3.63) is 64.1 Å². The molecule has 1 aliphatic rings. The Kier molecular flexibility index (Phi) is 10.8. The van der Waals surface area contributed by atoms with Crippen LogP contribution in [0.5, 0.6) is 0 Å². The van der Waals surface area contributed by atoms with Crippen LogP contribution in [0.3, 0.4) is 0 Å². The zero-order chi connectivity index (χ0) is 23.5. The molecule has 1 heterocycles. The number of hydrogen-bond acceptors (Lipinski definition) is 5. The van der Waals surface area contributed by atoms with Crippen LogP contribution in [0.25, 0.3) is 0 Å². The molecule has 2 aromatic carbocycles. The van der Waals surface area contributed by atoms with Crippen molar-refractivity contribution in [3.63, 3.8) is 0 Å². The summed E-state index contributed by atoms with van der Waals surface area (Å²) in [5.41, 5.74) is 9.07. The number of carbonyl (C=O) groups is 1. The first-order chi connectivity index (χ1) is 16.0. The molecular weight excluding hydrogens is 478 g/mol. The second-order valence-corrected chi connectivity index (χ2v) is 9.81. The summed E-state index contributed by atoms with van der Waals surface area (Å²) in [6.07, 6.45) is 2.25. The van der Waals surface area contributed by atoms with Gasteiger partial charge in [-0.15, -0.1) is 0 Å². The number of rotatable bonds is 12. The van der Waals surface area contributed by atoms with Gasteiger partial charge in [-0.05, 0) is 67.9 Å². The Morgan fingerprint density at radius 3 is 1.94 bits per heavy atom. The number of amides is 1. The highest BCUT2D eigenvalue weighted by atomic mass is 79.9. The van der Waals surface area contributed by atoms with Gasteiger partial charge in [0.15, 0.2) is 0 Å². The van der Waals surface area contributed by atoms with E-state index in [2.05, 4.69) is 72.3 Å². The molecule has 1 saturated heterocycles. The van der Waals surface area contributed by atoms with Gasteiger partial charge in [-0.1, -0.05) is 40.2 Å². The molecule has 3 N–H and O–H groups in total. The molecule has 1 aliphatic heterocycles. The molecule has 0 bridgehead atoms. The number of hydrogen-bond donors (Lipinski definition) is 2. The Morgan fingerprint density at radius 1 is 0.909 bits per heavy atom. The molecule has 180 valence electrons. The number of benzene rings is 2. The topological polar surface area (TPSA) is 64.8 Å². The van der Waals surface area contributed by atoms with Crippen molar-refractivity contribution in [1.29, 1.82) is 0 Å². The van der Waals surface area contributed by atoms with E-state index in [0.29, 0.717) is 0 Å². The standard InChI is InChI=1S/C26H38BrN5O/c1-22(33)29-26-10-6-24(7-11-26)21-32(20-23-4-8-25(27)9-5-23)15-3-14-31-18-16-30(17-19-31)13-2-12-28/h4-11H,2-3,12-21,28H2,1H3,(H,29,33). The van der Waals surface area contributed by atoms with Crippen LogP contribution in [-0.4, -0.2) is 73.0 Å². The molecule has 0 saturated carbocycles. The average Bonchev–Trinajstić information content (AvgIpc) is 2.81. The number of anilines is 1. The Morgan fingerprint density at radius 2 is 1.42 bits per heavy atom. The number of halogens is 1. The zero-order valence-corrected chi connectivity index (χ0v) is 21.4. The summed E-state index contributed by atoms with van der Waals surface area (Å²) in [5, 5.41) is 2.84. The summed E-state index contributed by atoms with van der Waals surface area (Å²) in [7, 11) is 0. The molecule has 2 aromatic rings. The monoisotopic (exact) mass is 515 g/mol. The van der Waals surface area contributed by atoms with E-state index >= 15 is 0 Å². The maximum atomic E-state index is 11.3. The van der Waals surface area contributed by atoms with Crippen molar-refractivity contribution < 1.29 is 4.79 Å². The van der Waals surface area contributed by atoms with Gasteiger partial charge in [0.25, 0.3) is 0 Å². The van der Waals surface area contributed by atoms with Gasteiger partial charge in [-0.25, -0.2) is 0 Å². The van der Waals surface area contributed by atoms with Crippen LogP contribution < -0.4 is 11.1 Å². The molecule has 6 nitrogen and oxygen atoms in total. The van der Waals surface area contributed by atoms with Crippen LogP contribution in [0.15, 0.2) is 53.0 Å². The molecule has 0 aliphatic carbocycles. The highest BCUT2D eigenvalue weighted by Gasteiger charge is 2.16. The fourth-order valence-corrected chi connectivity index (χ4v) is 4.55. The van der Waals surface area contributed by atoms with E-state index in [1.54, 1.807) is 0 Å². The largest absolute Gasteiger partial charge is 0.330 e. The summed E-state index contributed by atoms with van der Waals surface area (Å²) in [4.78, 5) is 18.9. The van der Waals surface area contributed by atoms with Crippen molar-refractivity contribution in [2.45, 2.75) is 32.9 Å². The second kappa shape index (κ2) is 13.8. The fraction of sp³-hybridized carbons (Fsp3) is 0.500. The SMILES string of the molecule is CC(=O)Nc1ccc(CN(CCCN2CCN(CCCN)CC2)Cc2ccc(Br)cc2)cc1. The van der Waals surface area contributed by atoms with Crippen LogP contribution in [-0.2, 0) is 17.9 Å². The fourth-order valence-electron chi connectivity index (χ4n) is 4.29. The molecule has 0 aromatic heterocycles. The predicted molar refractivity (Wildman–Crippen MR) is 140 cm³/mol. The van der Waals surface area contributed by atoms with Crippen molar-refractivity contribution in [1.82, 2.24) is 14.7 Å². The van der Waals surface area contributed by atoms with Gasteiger partial charge >= 0.3 is 0 Å². The number of nitrogens with zero attached hydrogens (tertiary/aromatic N) is 3. The van der Waals surface area contributed by atoms with Crippen LogP contribution in [0.2, 0.25) is 0 Å². The van der Waals surface area contributed by atoms with E-state index in [-0.39, 0.29) is 5.91 Å². The lowest BCUT2D eigenvalue weighted by Crippen LogP contribution is -2.47. The second-order valence-electron chi connectivity index (χ2n) is 8.89. The lowest BCUT2D eigenvalue weighted by atomic mass is 10.1. The Labute approximate surface area is 207 Å². The van der Waals surface area contributed by atoms with E-state index in [1.165, 1.54) is 18.1 Å². The van der Waals surface area contributed by atoms with Crippen LogP contribution in [0.1, 0.15) is 30.9 Å². The third-order valence-corrected chi connectivity index (χ3v) is 6.62. The van der Waals surface area contributed by atoms with Crippen LogP contribution in [0.4, 0.5) is 5.69 Å². The minimum Gasteiger partial charge on any atom is -0.330 e. The summed E-state index contributed by atoms with van der Waals surface area (Å²) in [6.45, 7) is 12.1. The molecule has 3 rings (SSSR count). The van der Waals surface area contributed by atoms with Gasteiger partial charge in [0.1, 0.15) is 0 Å². The van der Waals surface area contributed by atoms with E-state index < -0.39 is 0 Å². The first-order valence-corrected chi connectivity index (χ1v) is 12.8. The quantitative estimate of drug-likeness (QED) is 0.450. The highest BCUT2D eigenvalue weighted by molar-refractivity contribution is 9.10. The van der Waals surface area contributed by atoms with E-state index in [1.807, 2.05) is 12.1 Å². The highest BCUT2D eigenvalue weighted by Crippen LogP contribution is 2.16. The zero-order valence-electron chi connectivity index (χ0n) is 19.8. The number of nitrogens with one attached hydrogen (secondary N) is 1. The number of carbonyl (C=O) groups excluding carboxylic acids is 1. The van der Waals surface area contributed by atoms with Gasteiger partial charge in [-0.3, -0.25) is 9.69 Å². The Hall–Kier alpha value is -1.77. The number of piperazine rings is 1. The minimum absolute atomic E-state index is 0.0418. The van der Waals surface area contributed by atoms with Gasteiger partial charge < -0.3 is 20.9 Å². The Bertz CT molecular complexity index is 835. The first-order valence-electron chi connectivity index (χ1n) is 12.0. The third kappa shape index (κ3) is 9.55. The third-order valence-electron chi connectivity index (χ3n) is 6.09. The van der Waals surface area contributed by atoms with Crippen molar-refractivity contribution in [3.8, 4) is 0 Å². The van der Waals surface area contributed by atoms with Gasteiger partial charge in [0, 0.05) is 62.9 Å². The smallest absolute Gasteiger partial charge is 0.221 e. The van der Waals surface area contributed by atoms with E-state index in [0.717, 1.165) is 88.4 Å². The summed E-state index contributed by atoms with van der Waals surface area (Å²) in [5.74, 6) is -0.0418. The minimum atomic E-state index is -0.0418. The van der Waals surface area contributed by atoms with Gasteiger partial charge in [0.2, 0.25) is 5.91 Å². The van der Waals surface area contributed by atoms with Crippen LogP contribution in [0, 0.1) is 0 Å². The normalized spacial score (nSPS) is 15.2. The molecule has 1 amide bonds. The molecule has 0 atom stereocenters. The average molecular weight is 517 g/mol. The van der Waals surface area contributed by atoms with Crippen molar-refractivity contribution >= 4 is 27.5 Å². The van der Waals surface area contributed by atoms with Crippen molar-refractivity contribution in [2.24, 2.45) is 5.73 Å². The molecule has 7 heteroatoms. The predicted octanol–water partition coefficient (Wildman–Crippen LogP) is 3.77. The van der Waals surface area contributed by atoms with Gasteiger partial charge in [-0.2, -0.15) is 0 Å². The maximum Gasteiger partial charge on any atom is 0.221 e. The Balaban J connectivity index is 1.52. The molecular formula is C26H38BrN5O.